The van der Waals surface area contributed by atoms with Crippen LogP contribution < -0.4 is 0 Å². The Hall–Kier alpha value is -1.44. The Morgan fingerprint density at radius 3 is 2.61 bits per heavy atom. The van der Waals surface area contributed by atoms with E-state index in [0.29, 0.717) is 5.52 Å². The molecule has 8 heteroatoms. The highest BCUT2D eigenvalue weighted by Gasteiger charge is 2.41. The molecule has 0 saturated heterocycles. The standard InChI is InChI=1S/C10H7F5N2S/c11-5-1-2-6-7(3-5)17(9(18)16-6)4-10(14,15)8(12)13/h1-3,8H,4H2,(H,16,18). The Bertz CT molecular complexity index is 631. The fourth-order valence-electron chi connectivity index (χ4n) is 1.56. The van der Waals surface area contributed by atoms with Crippen LogP contribution in [0.3, 0.4) is 0 Å². The first-order valence-corrected chi connectivity index (χ1v) is 5.26. The summed E-state index contributed by atoms with van der Waals surface area (Å²) in [6, 6.07) is 3.38. The lowest BCUT2D eigenvalue weighted by molar-refractivity contribution is -0.137. The lowest BCUT2D eigenvalue weighted by Gasteiger charge is -2.16. The molecule has 1 N–H and O–H groups in total. The summed E-state index contributed by atoms with van der Waals surface area (Å²) in [7, 11) is 0. The van der Waals surface area contributed by atoms with E-state index in [0.717, 1.165) is 16.7 Å². The molecule has 0 aliphatic rings. The fraction of sp³-hybridized carbons (Fsp3) is 0.300. The molecule has 2 aromatic rings. The van der Waals surface area contributed by atoms with E-state index in [4.69, 9.17) is 12.2 Å². The summed E-state index contributed by atoms with van der Waals surface area (Å²) in [4.78, 5) is 2.55. The first-order valence-electron chi connectivity index (χ1n) is 4.85. The molecular weight excluding hydrogens is 275 g/mol. The summed E-state index contributed by atoms with van der Waals surface area (Å²) in [6.45, 7) is -1.30. The van der Waals surface area contributed by atoms with Crippen LogP contribution in [0.4, 0.5) is 22.0 Å². The molecule has 0 spiro atoms. The van der Waals surface area contributed by atoms with E-state index in [2.05, 4.69) is 4.98 Å². The zero-order valence-electron chi connectivity index (χ0n) is 8.76. The highest BCUT2D eigenvalue weighted by atomic mass is 32.1. The molecule has 98 valence electrons. The van der Waals surface area contributed by atoms with Crippen LogP contribution in [0.1, 0.15) is 0 Å². The Morgan fingerprint density at radius 2 is 2.00 bits per heavy atom. The third kappa shape index (κ3) is 2.24. The van der Waals surface area contributed by atoms with Crippen molar-refractivity contribution in [1.29, 1.82) is 0 Å². The molecular formula is C10H7F5N2S. The number of nitrogens with zero attached hydrogens (tertiary/aromatic N) is 1. The quantitative estimate of drug-likeness (QED) is 0.672. The molecule has 0 fully saturated rings. The number of benzene rings is 1. The van der Waals surface area contributed by atoms with E-state index >= 15 is 0 Å². The van der Waals surface area contributed by atoms with Gasteiger partial charge in [-0.2, -0.15) is 8.78 Å². The van der Waals surface area contributed by atoms with Crippen LogP contribution in [-0.2, 0) is 6.54 Å². The zero-order chi connectivity index (χ0) is 13.5. The van der Waals surface area contributed by atoms with E-state index in [1.807, 2.05) is 0 Å². The lowest BCUT2D eigenvalue weighted by Crippen LogP contribution is -2.32. The average Bonchev–Trinajstić information content (AvgIpc) is 2.55. The predicted molar refractivity (Wildman–Crippen MR) is 58.0 cm³/mol. The maximum atomic E-state index is 13.0. The van der Waals surface area contributed by atoms with Gasteiger partial charge in [0.25, 0.3) is 0 Å². The summed E-state index contributed by atoms with van der Waals surface area (Å²) < 4.78 is 63.9. The molecule has 1 aromatic carbocycles. The Morgan fingerprint density at radius 1 is 1.33 bits per heavy atom. The smallest absolute Gasteiger partial charge is 0.324 e. The SMILES string of the molecule is Fc1ccc2[nH]c(=S)n(CC(F)(F)C(F)F)c2c1. The molecule has 18 heavy (non-hydrogen) atoms. The summed E-state index contributed by atoms with van der Waals surface area (Å²) in [6.07, 6.45) is -3.81. The van der Waals surface area contributed by atoms with Crippen molar-refractivity contribution in [3.8, 4) is 0 Å². The van der Waals surface area contributed by atoms with Gasteiger partial charge in [-0.05, 0) is 30.4 Å². The minimum absolute atomic E-state index is 0.0281. The first kappa shape index (κ1) is 13.0. The summed E-state index contributed by atoms with van der Waals surface area (Å²) in [5.74, 6) is -4.88. The van der Waals surface area contributed by atoms with Crippen LogP contribution in [0.5, 0.6) is 0 Å². The molecule has 2 nitrogen and oxygen atoms in total. The summed E-state index contributed by atoms with van der Waals surface area (Å²) in [5, 5.41) is 0. The second kappa shape index (κ2) is 4.34. The van der Waals surface area contributed by atoms with Gasteiger partial charge in [-0.15, -0.1) is 0 Å². The minimum atomic E-state index is -4.22. The van der Waals surface area contributed by atoms with Gasteiger partial charge in [-0.1, -0.05) is 0 Å². The monoisotopic (exact) mass is 282 g/mol. The molecule has 0 saturated carbocycles. The molecule has 0 bridgehead atoms. The summed E-state index contributed by atoms with van der Waals surface area (Å²) >= 11 is 4.76. The maximum Gasteiger partial charge on any atom is 0.324 e. The number of aromatic amines is 1. The fourth-order valence-corrected chi connectivity index (χ4v) is 1.84. The van der Waals surface area contributed by atoms with E-state index in [1.165, 1.54) is 6.07 Å². The minimum Gasteiger partial charge on any atom is -0.331 e. The van der Waals surface area contributed by atoms with Crippen molar-refractivity contribution in [3.05, 3.63) is 28.8 Å². The number of alkyl halides is 4. The zero-order valence-corrected chi connectivity index (χ0v) is 9.58. The van der Waals surface area contributed by atoms with E-state index < -0.39 is 24.7 Å². The molecule has 0 atom stereocenters. The van der Waals surface area contributed by atoms with Crippen LogP contribution >= 0.6 is 12.2 Å². The maximum absolute atomic E-state index is 13.0. The number of rotatable bonds is 3. The van der Waals surface area contributed by atoms with Gasteiger partial charge in [0.15, 0.2) is 4.77 Å². The van der Waals surface area contributed by atoms with Crippen LogP contribution in [0.25, 0.3) is 11.0 Å². The Labute approximate surface area is 103 Å². The number of hydrogen-bond acceptors (Lipinski definition) is 1. The number of H-pyrrole nitrogens is 1. The van der Waals surface area contributed by atoms with Crippen molar-refractivity contribution in [2.75, 3.05) is 0 Å². The third-order valence-electron chi connectivity index (χ3n) is 2.43. The van der Waals surface area contributed by atoms with E-state index in [1.54, 1.807) is 0 Å². The molecule has 0 amide bonds. The third-order valence-corrected chi connectivity index (χ3v) is 2.75. The van der Waals surface area contributed by atoms with Crippen molar-refractivity contribution < 1.29 is 22.0 Å². The van der Waals surface area contributed by atoms with Crippen LogP contribution in [0.15, 0.2) is 18.2 Å². The largest absolute Gasteiger partial charge is 0.331 e. The molecule has 0 radical (unpaired) electrons. The van der Waals surface area contributed by atoms with Crippen molar-refractivity contribution in [3.63, 3.8) is 0 Å². The van der Waals surface area contributed by atoms with Gasteiger partial charge in [0.05, 0.1) is 17.6 Å². The van der Waals surface area contributed by atoms with Gasteiger partial charge in [0.1, 0.15) is 5.82 Å². The highest BCUT2D eigenvalue weighted by Crippen LogP contribution is 2.27. The Kier molecular flexibility index (Phi) is 3.14. The van der Waals surface area contributed by atoms with Crippen LogP contribution in [0.2, 0.25) is 0 Å². The normalized spacial score (nSPS) is 12.6. The molecule has 0 aliphatic carbocycles. The number of halogens is 5. The second-order valence-electron chi connectivity index (χ2n) is 3.74. The number of nitrogens with one attached hydrogen (secondary N) is 1. The van der Waals surface area contributed by atoms with Crippen molar-refractivity contribution in [2.45, 2.75) is 18.9 Å². The van der Waals surface area contributed by atoms with Gasteiger partial charge in [0, 0.05) is 0 Å². The average molecular weight is 282 g/mol. The first-order chi connectivity index (χ1) is 8.31. The molecule has 0 unspecified atom stereocenters. The number of imidazole rings is 1. The molecule has 1 heterocycles. The molecule has 0 aliphatic heterocycles. The van der Waals surface area contributed by atoms with Gasteiger partial charge >= 0.3 is 12.3 Å². The van der Waals surface area contributed by atoms with Crippen molar-refractivity contribution >= 4 is 23.3 Å². The van der Waals surface area contributed by atoms with E-state index in [9.17, 15) is 22.0 Å². The van der Waals surface area contributed by atoms with Crippen LogP contribution in [-0.4, -0.2) is 21.9 Å². The van der Waals surface area contributed by atoms with Gasteiger partial charge in [-0.25, -0.2) is 13.2 Å². The van der Waals surface area contributed by atoms with Crippen molar-refractivity contribution in [1.82, 2.24) is 9.55 Å². The lowest BCUT2D eigenvalue weighted by atomic mass is 10.3. The van der Waals surface area contributed by atoms with Gasteiger partial charge in [0.2, 0.25) is 0 Å². The number of fused-ring (bicyclic) bond motifs is 1. The van der Waals surface area contributed by atoms with Crippen molar-refractivity contribution in [2.24, 2.45) is 0 Å². The highest BCUT2D eigenvalue weighted by molar-refractivity contribution is 7.71. The molecule has 1 aromatic heterocycles. The van der Waals surface area contributed by atoms with Gasteiger partial charge in [-0.3, -0.25) is 0 Å². The topological polar surface area (TPSA) is 20.7 Å². The predicted octanol–water partition coefficient (Wildman–Crippen LogP) is 3.74. The number of hydrogen-bond donors (Lipinski definition) is 1. The van der Waals surface area contributed by atoms with Crippen LogP contribution in [0, 0.1) is 10.6 Å². The molecule has 2 rings (SSSR count). The Balaban J connectivity index is 2.54. The second-order valence-corrected chi connectivity index (χ2v) is 4.13. The number of aromatic nitrogens is 2. The van der Waals surface area contributed by atoms with Gasteiger partial charge < -0.3 is 9.55 Å². The summed E-state index contributed by atoms with van der Waals surface area (Å²) in [5.41, 5.74) is 0.340. The van der Waals surface area contributed by atoms with E-state index in [-0.39, 0.29) is 10.3 Å².